The van der Waals surface area contributed by atoms with E-state index in [0.717, 1.165) is 0 Å². The summed E-state index contributed by atoms with van der Waals surface area (Å²) in [6.45, 7) is 8.86. The lowest BCUT2D eigenvalue weighted by Crippen LogP contribution is -2.35. The molecule has 0 saturated carbocycles. The Labute approximate surface area is 108 Å². The lowest BCUT2D eigenvalue weighted by atomic mass is 10.7. The van der Waals surface area contributed by atoms with Crippen LogP contribution in [0, 0.1) is 0 Å². The fourth-order valence-electron chi connectivity index (χ4n) is 1.43. The average Bonchev–Trinajstić information content (AvgIpc) is 2.27. The quantitative estimate of drug-likeness (QED) is 0.368. The summed E-state index contributed by atoms with van der Waals surface area (Å²) < 4.78 is 33.7. The van der Waals surface area contributed by atoms with Crippen LogP contribution in [0.5, 0.6) is 0 Å². The predicted molar refractivity (Wildman–Crippen MR) is 67.5 cm³/mol. The van der Waals surface area contributed by atoms with Crippen LogP contribution in [-0.4, -0.2) is 37.7 Å². The van der Waals surface area contributed by atoms with Gasteiger partial charge in [0, 0.05) is 20.1 Å². The maximum atomic E-state index is 12.8. The zero-order valence-corrected chi connectivity index (χ0v) is 12.6. The molecule has 0 fully saturated rings. The molecule has 0 bridgehead atoms. The van der Waals surface area contributed by atoms with Crippen LogP contribution in [0.2, 0.25) is 0 Å². The van der Waals surface area contributed by atoms with Gasteiger partial charge in [-0.3, -0.25) is 9.36 Å². The number of ether oxygens (including phenoxy) is 3. The van der Waals surface area contributed by atoms with Gasteiger partial charge in [-0.1, -0.05) is 0 Å². The first-order chi connectivity index (χ1) is 8.35. The van der Waals surface area contributed by atoms with E-state index in [1.54, 1.807) is 27.7 Å². The molecule has 0 N–H and O–H groups in total. The van der Waals surface area contributed by atoms with Crippen LogP contribution in [-0.2, 0) is 28.1 Å². The van der Waals surface area contributed by atoms with E-state index in [-0.39, 0.29) is 13.0 Å². The number of carbonyl (C=O) groups excluding carboxylic acids is 1. The third-order valence-electron chi connectivity index (χ3n) is 2.22. The second kappa shape index (κ2) is 7.89. The van der Waals surface area contributed by atoms with Gasteiger partial charge in [0.1, 0.15) is 0 Å². The summed E-state index contributed by atoms with van der Waals surface area (Å²) in [5.41, 5.74) is -1.40. The van der Waals surface area contributed by atoms with Gasteiger partial charge in [0.25, 0.3) is 7.37 Å². The van der Waals surface area contributed by atoms with Crippen LogP contribution in [0.4, 0.5) is 0 Å². The predicted octanol–water partition coefficient (Wildman–Crippen LogP) is 2.57. The molecule has 0 spiro atoms. The lowest BCUT2D eigenvalue weighted by Gasteiger charge is -2.35. The summed E-state index contributed by atoms with van der Waals surface area (Å²) in [5.74, 6) is -0.523. The van der Waals surface area contributed by atoms with E-state index in [1.165, 1.54) is 6.92 Å². The lowest BCUT2D eigenvalue weighted by molar-refractivity contribution is -0.170. The van der Waals surface area contributed by atoms with Crippen molar-refractivity contribution in [1.82, 2.24) is 0 Å². The minimum absolute atomic E-state index is 0.217. The standard InChI is InChI=1S/C11H23O6P/c1-6-15-11(5,16-7-2)18(13,17-8-3)9-14-10(4)12/h6-9H2,1-5H3/t18-/m1/s1. The average molecular weight is 282 g/mol. The molecule has 0 radical (unpaired) electrons. The van der Waals surface area contributed by atoms with E-state index < -0.39 is 18.9 Å². The van der Waals surface area contributed by atoms with Crippen molar-refractivity contribution in [2.75, 3.05) is 26.2 Å². The summed E-state index contributed by atoms with van der Waals surface area (Å²) in [6.07, 6.45) is -0.354. The summed E-state index contributed by atoms with van der Waals surface area (Å²) in [4.78, 5) is 10.9. The Bertz CT molecular complexity index is 298. The molecule has 7 heteroatoms. The van der Waals surface area contributed by atoms with Crippen LogP contribution in [0.15, 0.2) is 0 Å². The molecule has 0 aromatic rings. The van der Waals surface area contributed by atoms with Crippen molar-refractivity contribution in [3.8, 4) is 0 Å². The minimum Gasteiger partial charge on any atom is -0.455 e. The number of hydrogen-bond donors (Lipinski definition) is 0. The van der Waals surface area contributed by atoms with Crippen molar-refractivity contribution in [1.29, 1.82) is 0 Å². The highest BCUT2D eigenvalue weighted by Gasteiger charge is 2.48. The van der Waals surface area contributed by atoms with Crippen LogP contribution in [0.1, 0.15) is 34.6 Å². The van der Waals surface area contributed by atoms with Gasteiger partial charge in [0.2, 0.25) is 5.53 Å². The number of rotatable bonds is 9. The second-order valence-electron chi connectivity index (χ2n) is 3.62. The zero-order chi connectivity index (χ0) is 14.2. The Morgan fingerprint density at radius 3 is 1.94 bits per heavy atom. The first-order valence-electron chi connectivity index (χ1n) is 6.00. The van der Waals surface area contributed by atoms with Gasteiger partial charge in [0.15, 0.2) is 6.35 Å². The molecule has 108 valence electrons. The first-order valence-corrected chi connectivity index (χ1v) is 7.81. The van der Waals surface area contributed by atoms with Gasteiger partial charge in [-0.25, -0.2) is 0 Å². The zero-order valence-electron chi connectivity index (χ0n) is 11.7. The van der Waals surface area contributed by atoms with Crippen LogP contribution < -0.4 is 0 Å². The fourth-order valence-corrected chi connectivity index (χ4v) is 3.39. The van der Waals surface area contributed by atoms with E-state index in [9.17, 15) is 9.36 Å². The Hall–Kier alpha value is -0.420. The highest BCUT2D eigenvalue weighted by Crippen LogP contribution is 2.60. The molecule has 1 atom stereocenters. The van der Waals surface area contributed by atoms with Crippen molar-refractivity contribution in [2.24, 2.45) is 0 Å². The topological polar surface area (TPSA) is 71.1 Å². The summed E-state index contributed by atoms with van der Waals surface area (Å²) in [7, 11) is -3.42. The van der Waals surface area contributed by atoms with Gasteiger partial charge in [-0.15, -0.1) is 0 Å². The molecule has 0 aromatic carbocycles. The molecule has 0 unspecified atom stereocenters. The van der Waals surface area contributed by atoms with Crippen molar-refractivity contribution in [3.05, 3.63) is 0 Å². The van der Waals surface area contributed by atoms with E-state index >= 15 is 0 Å². The minimum atomic E-state index is -3.42. The fraction of sp³-hybridized carbons (Fsp3) is 0.909. The summed E-state index contributed by atoms with van der Waals surface area (Å²) in [5, 5.41) is 0. The van der Waals surface area contributed by atoms with E-state index in [2.05, 4.69) is 0 Å². The van der Waals surface area contributed by atoms with Crippen molar-refractivity contribution < 1.29 is 28.1 Å². The molecule has 0 aromatic heterocycles. The van der Waals surface area contributed by atoms with Crippen LogP contribution in [0.3, 0.4) is 0 Å². The molecule has 0 aliphatic rings. The number of carbonyl (C=O) groups is 1. The summed E-state index contributed by atoms with van der Waals surface area (Å²) >= 11 is 0. The molecular formula is C11H23O6P. The second-order valence-corrected chi connectivity index (χ2v) is 6.30. The largest absolute Gasteiger partial charge is 0.455 e. The van der Waals surface area contributed by atoms with Gasteiger partial charge in [-0.05, 0) is 27.7 Å². The molecule has 0 heterocycles. The normalized spacial score (nSPS) is 15.2. The smallest absolute Gasteiger partial charge is 0.303 e. The molecule has 0 rings (SSSR count). The van der Waals surface area contributed by atoms with E-state index in [4.69, 9.17) is 18.7 Å². The van der Waals surface area contributed by atoms with Crippen molar-refractivity contribution >= 4 is 13.3 Å². The van der Waals surface area contributed by atoms with Crippen LogP contribution >= 0.6 is 7.37 Å². The van der Waals surface area contributed by atoms with Crippen molar-refractivity contribution in [3.63, 3.8) is 0 Å². The highest BCUT2D eigenvalue weighted by molar-refractivity contribution is 7.60. The van der Waals surface area contributed by atoms with Gasteiger partial charge >= 0.3 is 5.97 Å². The Balaban J connectivity index is 5.10. The SMILES string of the molecule is CCOC(C)(OCC)[P@@](=O)(COC(C)=O)OCC. The molecule has 18 heavy (non-hydrogen) atoms. The maximum Gasteiger partial charge on any atom is 0.303 e. The van der Waals surface area contributed by atoms with Gasteiger partial charge < -0.3 is 18.7 Å². The first kappa shape index (κ1) is 17.6. The Kier molecular flexibility index (Phi) is 7.71. The van der Waals surface area contributed by atoms with E-state index in [0.29, 0.717) is 13.2 Å². The molecule has 0 aliphatic heterocycles. The molecular weight excluding hydrogens is 259 g/mol. The molecule has 0 amide bonds. The van der Waals surface area contributed by atoms with Crippen molar-refractivity contribution in [2.45, 2.75) is 40.1 Å². The Morgan fingerprint density at radius 2 is 1.61 bits per heavy atom. The number of esters is 1. The van der Waals surface area contributed by atoms with Gasteiger partial charge in [0.05, 0.1) is 6.61 Å². The monoisotopic (exact) mass is 282 g/mol. The molecule has 6 nitrogen and oxygen atoms in total. The van der Waals surface area contributed by atoms with E-state index in [1.807, 2.05) is 0 Å². The number of hydrogen-bond acceptors (Lipinski definition) is 6. The Morgan fingerprint density at radius 1 is 1.11 bits per heavy atom. The third kappa shape index (κ3) is 4.69. The molecule has 0 saturated heterocycles. The van der Waals surface area contributed by atoms with Gasteiger partial charge in [-0.2, -0.15) is 0 Å². The summed E-state index contributed by atoms with van der Waals surface area (Å²) in [6, 6.07) is 0. The van der Waals surface area contributed by atoms with Crippen LogP contribution in [0.25, 0.3) is 0 Å². The highest BCUT2D eigenvalue weighted by atomic mass is 31.2. The maximum absolute atomic E-state index is 12.8. The molecule has 0 aliphatic carbocycles. The third-order valence-corrected chi connectivity index (χ3v) is 4.86.